The highest BCUT2D eigenvalue weighted by atomic mass is 16.1. The molecular formula is C24H37N5O. The van der Waals surface area contributed by atoms with Gasteiger partial charge in [0, 0.05) is 55.4 Å². The third-order valence-corrected chi connectivity index (χ3v) is 6.08. The minimum atomic E-state index is 0.0118. The molecule has 2 heterocycles. The Balaban J connectivity index is 1.64. The Kier molecular flexibility index (Phi) is 7.19. The molecule has 0 saturated carbocycles. The van der Waals surface area contributed by atoms with Crippen LogP contribution >= 0.6 is 0 Å². The van der Waals surface area contributed by atoms with Crippen molar-refractivity contribution in [2.24, 2.45) is 5.92 Å². The zero-order valence-corrected chi connectivity index (χ0v) is 19.5. The summed E-state index contributed by atoms with van der Waals surface area (Å²) in [6, 6.07) is 6.35. The molecule has 0 spiro atoms. The van der Waals surface area contributed by atoms with Crippen LogP contribution in [0.3, 0.4) is 0 Å². The standard InChI is InChI=1S/C24H37N5O/c1-7-27-10-12-28(13-11-27)21-8-9-23(18(4)14-21)25-24(30)15-22-19(5)26-29(20(22)6)16-17(2)3/h8-9,14,17H,7,10-13,15-16H2,1-6H3,(H,25,30). The molecule has 1 fully saturated rings. The van der Waals surface area contributed by atoms with Gasteiger partial charge in [-0.25, -0.2) is 0 Å². The van der Waals surface area contributed by atoms with Gasteiger partial charge in [-0.2, -0.15) is 5.10 Å². The molecule has 0 radical (unpaired) electrons. The second-order valence-electron chi connectivity index (χ2n) is 8.87. The molecule has 1 aliphatic rings. The molecule has 1 aromatic carbocycles. The van der Waals surface area contributed by atoms with Crippen molar-refractivity contribution >= 4 is 17.3 Å². The number of carbonyl (C=O) groups is 1. The molecule has 1 amide bonds. The van der Waals surface area contributed by atoms with E-state index < -0.39 is 0 Å². The number of rotatable bonds is 7. The van der Waals surface area contributed by atoms with Crippen molar-refractivity contribution in [1.29, 1.82) is 0 Å². The number of aromatic nitrogens is 2. The van der Waals surface area contributed by atoms with E-state index in [2.05, 4.69) is 67.0 Å². The van der Waals surface area contributed by atoms with Gasteiger partial charge >= 0.3 is 0 Å². The summed E-state index contributed by atoms with van der Waals surface area (Å²) in [6.07, 6.45) is 0.357. The van der Waals surface area contributed by atoms with E-state index in [1.165, 1.54) is 5.69 Å². The van der Waals surface area contributed by atoms with Crippen LogP contribution in [0.15, 0.2) is 18.2 Å². The molecule has 1 aliphatic heterocycles. The molecule has 2 aromatic rings. The molecule has 3 rings (SSSR count). The Bertz CT molecular complexity index is 878. The number of carbonyl (C=O) groups excluding carboxylic acids is 1. The summed E-state index contributed by atoms with van der Waals surface area (Å²) in [6.45, 7) is 19.0. The van der Waals surface area contributed by atoms with Crippen LogP contribution in [-0.4, -0.2) is 53.3 Å². The summed E-state index contributed by atoms with van der Waals surface area (Å²) in [5.74, 6) is 0.536. The highest BCUT2D eigenvalue weighted by molar-refractivity contribution is 5.93. The number of amides is 1. The lowest BCUT2D eigenvalue weighted by Crippen LogP contribution is -2.46. The maximum Gasteiger partial charge on any atom is 0.228 e. The van der Waals surface area contributed by atoms with Gasteiger partial charge in [0.15, 0.2) is 0 Å². The van der Waals surface area contributed by atoms with Crippen LogP contribution in [0.2, 0.25) is 0 Å². The number of anilines is 2. The van der Waals surface area contributed by atoms with E-state index in [-0.39, 0.29) is 5.91 Å². The first kappa shape index (κ1) is 22.3. The molecule has 30 heavy (non-hydrogen) atoms. The Hall–Kier alpha value is -2.34. The average molecular weight is 412 g/mol. The Morgan fingerprint density at radius 3 is 2.43 bits per heavy atom. The van der Waals surface area contributed by atoms with Gasteiger partial charge in [0.25, 0.3) is 0 Å². The molecule has 6 heteroatoms. The molecule has 0 aliphatic carbocycles. The molecule has 0 unspecified atom stereocenters. The van der Waals surface area contributed by atoms with Gasteiger partial charge in [-0.05, 0) is 57.0 Å². The second-order valence-corrected chi connectivity index (χ2v) is 8.87. The fraction of sp³-hybridized carbons (Fsp3) is 0.583. The Labute approximate surface area is 181 Å². The summed E-state index contributed by atoms with van der Waals surface area (Å²) in [5, 5.41) is 7.74. The van der Waals surface area contributed by atoms with Crippen molar-refractivity contribution in [3.63, 3.8) is 0 Å². The van der Waals surface area contributed by atoms with Crippen LogP contribution in [0.1, 0.15) is 43.3 Å². The van der Waals surface area contributed by atoms with Crippen molar-refractivity contribution < 1.29 is 4.79 Å². The van der Waals surface area contributed by atoms with Gasteiger partial charge < -0.3 is 15.1 Å². The van der Waals surface area contributed by atoms with Crippen molar-refractivity contribution in [3.8, 4) is 0 Å². The lowest BCUT2D eigenvalue weighted by atomic mass is 10.1. The third kappa shape index (κ3) is 5.22. The molecule has 1 N–H and O–H groups in total. The highest BCUT2D eigenvalue weighted by Crippen LogP contribution is 2.24. The van der Waals surface area contributed by atoms with Crippen molar-refractivity contribution in [2.75, 3.05) is 42.9 Å². The lowest BCUT2D eigenvalue weighted by Gasteiger charge is -2.35. The molecule has 0 atom stereocenters. The van der Waals surface area contributed by atoms with Gasteiger partial charge in [0.05, 0.1) is 12.1 Å². The van der Waals surface area contributed by atoms with Gasteiger partial charge in [0.2, 0.25) is 5.91 Å². The first-order valence-electron chi connectivity index (χ1n) is 11.2. The zero-order valence-electron chi connectivity index (χ0n) is 19.5. The number of aryl methyl sites for hydroxylation is 2. The number of likely N-dealkylation sites (N-methyl/N-ethyl adjacent to an activating group) is 1. The van der Waals surface area contributed by atoms with Crippen LogP contribution in [0, 0.1) is 26.7 Å². The van der Waals surface area contributed by atoms with E-state index in [9.17, 15) is 4.79 Å². The van der Waals surface area contributed by atoms with E-state index >= 15 is 0 Å². The second kappa shape index (κ2) is 9.65. The zero-order chi connectivity index (χ0) is 21.8. The van der Waals surface area contributed by atoms with Crippen LogP contribution in [0.25, 0.3) is 0 Å². The van der Waals surface area contributed by atoms with Gasteiger partial charge in [0.1, 0.15) is 0 Å². The molecule has 164 valence electrons. The van der Waals surface area contributed by atoms with Crippen LogP contribution in [-0.2, 0) is 17.8 Å². The van der Waals surface area contributed by atoms with Gasteiger partial charge in [-0.1, -0.05) is 20.8 Å². The average Bonchev–Trinajstić information content (AvgIpc) is 2.96. The first-order chi connectivity index (χ1) is 14.3. The maximum atomic E-state index is 12.8. The number of nitrogens with zero attached hydrogens (tertiary/aromatic N) is 4. The van der Waals surface area contributed by atoms with Crippen molar-refractivity contribution in [1.82, 2.24) is 14.7 Å². The minimum absolute atomic E-state index is 0.0118. The number of piperazine rings is 1. The van der Waals surface area contributed by atoms with Gasteiger partial charge in [-0.3, -0.25) is 9.48 Å². The van der Waals surface area contributed by atoms with E-state index in [1.54, 1.807) is 0 Å². The quantitative estimate of drug-likeness (QED) is 0.753. The predicted octanol–water partition coefficient (Wildman–Crippen LogP) is 3.79. The summed E-state index contributed by atoms with van der Waals surface area (Å²) in [4.78, 5) is 17.7. The third-order valence-electron chi connectivity index (χ3n) is 6.08. The van der Waals surface area contributed by atoms with Crippen molar-refractivity contribution in [3.05, 3.63) is 40.7 Å². The summed E-state index contributed by atoms with van der Waals surface area (Å²) in [5.41, 5.74) is 6.30. The Morgan fingerprint density at radius 1 is 1.13 bits per heavy atom. The predicted molar refractivity (Wildman–Crippen MR) is 124 cm³/mol. The summed E-state index contributed by atoms with van der Waals surface area (Å²) >= 11 is 0. The monoisotopic (exact) mass is 411 g/mol. The fourth-order valence-electron chi connectivity index (χ4n) is 4.18. The molecule has 6 nitrogen and oxygen atoms in total. The lowest BCUT2D eigenvalue weighted by molar-refractivity contribution is -0.115. The number of hydrogen-bond donors (Lipinski definition) is 1. The first-order valence-corrected chi connectivity index (χ1v) is 11.2. The number of nitrogens with one attached hydrogen (secondary N) is 1. The largest absolute Gasteiger partial charge is 0.369 e. The minimum Gasteiger partial charge on any atom is -0.369 e. The smallest absolute Gasteiger partial charge is 0.228 e. The van der Waals surface area contributed by atoms with Crippen LogP contribution < -0.4 is 10.2 Å². The normalized spacial score (nSPS) is 15.1. The fourth-order valence-corrected chi connectivity index (χ4v) is 4.18. The van der Waals surface area contributed by atoms with Crippen LogP contribution in [0.4, 0.5) is 11.4 Å². The molecule has 1 saturated heterocycles. The molecule has 0 bridgehead atoms. The maximum absolute atomic E-state index is 12.8. The van der Waals surface area contributed by atoms with Crippen molar-refractivity contribution in [2.45, 2.75) is 54.5 Å². The Morgan fingerprint density at radius 2 is 1.83 bits per heavy atom. The topological polar surface area (TPSA) is 53.4 Å². The van der Waals surface area contributed by atoms with E-state index in [1.807, 2.05) is 17.7 Å². The highest BCUT2D eigenvalue weighted by Gasteiger charge is 2.18. The van der Waals surface area contributed by atoms with E-state index in [4.69, 9.17) is 0 Å². The van der Waals surface area contributed by atoms with Gasteiger partial charge in [-0.15, -0.1) is 0 Å². The van der Waals surface area contributed by atoms with E-state index in [0.29, 0.717) is 12.3 Å². The van der Waals surface area contributed by atoms with Crippen LogP contribution in [0.5, 0.6) is 0 Å². The number of benzene rings is 1. The summed E-state index contributed by atoms with van der Waals surface area (Å²) in [7, 11) is 0. The number of hydrogen-bond acceptors (Lipinski definition) is 4. The van der Waals surface area contributed by atoms with E-state index in [0.717, 1.165) is 67.5 Å². The molecular weight excluding hydrogens is 374 g/mol. The SMILES string of the molecule is CCN1CCN(c2ccc(NC(=O)Cc3c(C)nn(CC(C)C)c3C)c(C)c2)CC1. The summed E-state index contributed by atoms with van der Waals surface area (Å²) < 4.78 is 2.03. The molecule has 1 aromatic heterocycles.